The molecule has 1 rings (SSSR count). The normalized spacial score (nSPS) is 13.2. The van der Waals surface area contributed by atoms with Crippen LogP contribution in [0.2, 0.25) is 0 Å². The molecule has 0 fully saturated rings. The van der Waals surface area contributed by atoms with Gasteiger partial charge in [0.1, 0.15) is 11.5 Å². The van der Waals surface area contributed by atoms with Gasteiger partial charge in [-0.3, -0.25) is 4.79 Å². The van der Waals surface area contributed by atoms with Crippen molar-refractivity contribution in [3.05, 3.63) is 29.3 Å². The van der Waals surface area contributed by atoms with E-state index in [1.54, 1.807) is 7.11 Å². The summed E-state index contributed by atoms with van der Waals surface area (Å²) in [6, 6.07) is 5.77. The summed E-state index contributed by atoms with van der Waals surface area (Å²) in [5.74, 6) is 0.926. The highest BCUT2D eigenvalue weighted by molar-refractivity contribution is 5.82. The molecule has 0 saturated heterocycles. The first-order valence-electron chi connectivity index (χ1n) is 6.65. The Morgan fingerprint density at radius 2 is 2.00 bits per heavy atom. The molecule has 1 aromatic carbocycles. The van der Waals surface area contributed by atoms with Crippen molar-refractivity contribution in [2.75, 3.05) is 7.11 Å². The monoisotopic (exact) mass is 263 g/mol. The molecule has 106 valence electrons. The van der Waals surface area contributed by atoms with Gasteiger partial charge in [-0.1, -0.05) is 38.5 Å². The molecule has 3 heteroatoms. The maximum Gasteiger partial charge on any atom is 0.138 e. The summed E-state index contributed by atoms with van der Waals surface area (Å²) in [6.07, 6.45) is 0.787. The van der Waals surface area contributed by atoms with E-state index in [-0.39, 0.29) is 17.2 Å². The fourth-order valence-electron chi connectivity index (χ4n) is 1.88. The van der Waals surface area contributed by atoms with E-state index in [9.17, 15) is 4.79 Å². The predicted octanol–water partition coefficient (Wildman–Crippen LogP) is 2.88. The molecule has 1 aromatic rings. The van der Waals surface area contributed by atoms with E-state index < -0.39 is 0 Å². The van der Waals surface area contributed by atoms with Crippen LogP contribution in [0.1, 0.15) is 38.3 Å². The van der Waals surface area contributed by atoms with Gasteiger partial charge in [-0.25, -0.2) is 0 Å². The number of nitrogens with two attached hydrogens (primary N) is 1. The molecular formula is C16H25NO2. The Labute approximate surface area is 116 Å². The summed E-state index contributed by atoms with van der Waals surface area (Å²) >= 11 is 0. The molecule has 0 spiro atoms. The minimum atomic E-state index is -0.115. The van der Waals surface area contributed by atoms with E-state index in [1.807, 2.05) is 25.1 Å². The molecule has 0 radical (unpaired) electrons. The molecule has 3 nitrogen and oxygen atoms in total. The fourth-order valence-corrected chi connectivity index (χ4v) is 1.88. The summed E-state index contributed by atoms with van der Waals surface area (Å²) < 4.78 is 5.29. The van der Waals surface area contributed by atoms with Crippen molar-refractivity contribution in [1.29, 1.82) is 0 Å². The third-order valence-electron chi connectivity index (χ3n) is 3.38. The average Bonchev–Trinajstić information content (AvgIpc) is 2.27. The second-order valence-electron chi connectivity index (χ2n) is 6.21. The lowest BCUT2D eigenvalue weighted by atomic mass is 9.84. The van der Waals surface area contributed by atoms with Crippen LogP contribution >= 0.6 is 0 Å². The van der Waals surface area contributed by atoms with Crippen molar-refractivity contribution in [3.8, 4) is 5.75 Å². The molecule has 0 aliphatic heterocycles. The van der Waals surface area contributed by atoms with Crippen LogP contribution in [0.5, 0.6) is 5.75 Å². The van der Waals surface area contributed by atoms with Crippen LogP contribution in [0.3, 0.4) is 0 Å². The lowest BCUT2D eigenvalue weighted by Crippen LogP contribution is -2.37. The number of hydrogen-bond donors (Lipinski definition) is 1. The van der Waals surface area contributed by atoms with E-state index in [0.29, 0.717) is 12.8 Å². The van der Waals surface area contributed by atoms with Crippen molar-refractivity contribution in [2.45, 2.75) is 46.6 Å². The minimum Gasteiger partial charge on any atom is -0.496 e. The van der Waals surface area contributed by atoms with Crippen LogP contribution in [-0.4, -0.2) is 18.9 Å². The van der Waals surface area contributed by atoms with Crippen LogP contribution in [0.15, 0.2) is 18.2 Å². The topological polar surface area (TPSA) is 52.3 Å². The molecule has 0 saturated carbocycles. The number of aryl methyl sites for hydroxylation is 1. The van der Waals surface area contributed by atoms with E-state index in [1.165, 1.54) is 0 Å². The van der Waals surface area contributed by atoms with Crippen molar-refractivity contribution in [3.63, 3.8) is 0 Å². The van der Waals surface area contributed by atoms with Crippen LogP contribution < -0.4 is 10.5 Å². The number of ether oxygens (including phenoxy) is 1. The first kappa shape index (κ1) is 15.7. The third-order valence-corrected chi connectivity index (χ3v) is 3.38. The zero-order valence-electron chi connectivity index (χ0n) is 12.6. The van der Waals surface area contributed by atoms with Crippen molar-refractivity contribution in [1.82, 2.24) is 0 Å². The number of carbonyl (C=O) groups excluding carboxylic acids is 1. The smallest absolute Gasteiger partial charge is 0.138 e. The molecule has 0 aliphatic carbocycles. The summed E-state index contributed by atoms with van der Waals surface area (Å²) in [7, 11) is 1.62. The Morgan fingerprint density at radius 1 is 1.37 bits per heavy atom. The van der Waals surface area contributed by atoms with Gasteiger partial charge in [0.05, 0.1) is 7.11 Å². The van der Waals surface area contributed by atoms with Crippen LogP contribution in [0.25, 0.3) is 0 Å². The molecule has 2 N–H and O–H groups in total. The average molecular weight is 263 g/mol. The third kappa shape index (κ3) is 4.67. The van der Waals surface area contributed by atoms with Crippen LogP contribution in [-0.2, 0) is 11.2 Å². The SMILES string of the molecule is COc1ccc(C)cc1CC(=O)CC(N)C(C)(C)C. The summed E-state index contributed by atoms with van der Waals surface area (Å²) in [6.45, 7) is 8.17. The van der Waals surface area contributed by atoms with Gasteiger partial charge in [-0.2, -0.15) is 0 Å². The first-order chi connectivity index (χ1) is 8.74. The molecule has 1 unspecified atom stereocenters. The number of methoxy groups -OCH3 is 1. The van der Waals surface area contributed by atoms with E-state index in [0.717, 1.165) is 16.9 Å². The van der Waals surface area contributed by atoms with Gasteiger partial charge in [-0.15, -0.1) is 0 Å². The Hall–Kier alpha value is -1.35. The Balaban J connectivity index is 2.75. The second-order valence-corrected chi connectivity index (χ2v) is 6.21. The molecule has 1 atom stereocenters. The van der Waals surface area contributed by atoms with Crippen molar-refractivity contribution >= 4 is 5.78 Å². The van der Waals surface area contributed by atoms with Gasteiger partial charge >= 0.3 is 0 Å². The molecule has 0 bridgehead atoms. The number of ketones is 1. The first-order valence-corrected chi connectivity index (χ1v) is 6.65. The molecule has 0 amide bonds. The second kappa shape index (κ2) is 6.20. The maximum atomic E-state index is 12.1. The Kier molecular flexibility index (Phi) is 5.12. The summed E-state index contributed by atoms with van der Waals surface area (Å²) in [5.41, 5.74) is 8.07. The standard InChI is InChI=1S/C16H25NO2/c1-11-6-7-14(19-5)12(8-11)9-13(18)10-15(17)16(2,3)4/h6-8,15H,9-10,17H2,1-5H3. The Morgan fingerprint density at radius 3 is 2.53 bits per heavy atom. The van der Waals surface area contributed by atoms with Gasteiger partial charge in [0.25, 0.3) is 0 Å². The number of carbonyl (C=O) groups is 1. The number of Topliss-reactive ketones (excluding diaryl/α,β-unsaturated/α-hetero) is 1. The molecule has 0 aromatic heterocycles. The largest absolute Gasteiger partial charge is 0.496 e. The minimum absolute atomic E-state index is 0.0493. The highest BCUT2D eigenvalue weighted by Crippen LogP contribution is 2.23. The zero-order chi connectivity index (χ0) is 14.6. The molecule has 19 heavy (non-hydrogen) atoms. The van der Waals surface area contributed by atoms with Crippen molar-refractivity contribution < 1.29 is 9.53 Å². The fraction of sp³-hybridized carbons (Fsp3) is 0.562. The van der Waals surface area contributed by atoms with E-state index in [4.69, 9.17) is 10.5 Å². The van der Waals surface area contributed by atoms with Crippen LogP contribution in [0.4, 0.5) is 0 Å². The lowest BCUT2D eigenvalue weighted by Gasteiger charge is -2.26. The maximum absolute atomic E-state index is 12.1. The highest BCUT2D eigenvalue weighted by Gasteiger charge is 2.23. The molecular weight excluding hydrogens is 238 g/mol. The van der Waals surface area contributed by atoms with Crippen molar-refractivity contribution in [2.24, 2.45) is 11.1 Å². The zero-order valence-corrected chi connectivity index (χ0v) is 12.6. The summed E-state index contributed by atoms with van der Waals surface area (Å²) in [4.78, 5) is 12.1. The van der Waals surface area contributed by atoms with Gasteiger partial charge in [-0.05, 0) is 18.4 Å². The summed E-state index contributed by atoms with van der Waals surface area (Å²) in [5, 5.41) is 0. The van der Waals surface area contributed by atoms with E-state index >= 15 is 0 Å². The molecule has 0 aliphatic rings. The number of hydrogen-bond acceptors (Lipinski definition) is 3. The van der Waals surface area contributed by atoms with Gasteiger partial charge < -0.3 is 10.5 Å². The number of benzene rings is 1. The number of rotatable bonds is 5. The lowest BCUT2D eigenvalue weighted by molar-refractivity contribution is -0.119. The van der Waals surface area contributed by atoms with Gasteiger partial charge in [0.15, 0.2) is 0 Å². The van der Waals surface area contributed by atoms with E-state index in [2.05, 4.69) is 20.8 Å². The highest BCUT2D eigenvalue weighted by atomic mass is 16.5. The van der Waals surface area contributed by atoms with Gasteiger partial charge in [0.2, 0.25) is 0 Å². The molecule has 0 heterocycles. The van der Waals surface area contributed by atoms with Gasteiger partial charge in [0, 0.05) is 24.4 Å². The predicted molar refractivity (Wildman–Crippen MR) is 78.5 cm³/mol. The Bertz CT molecular complexity index is 447. The van der Waals surface area contributed by atoms with Crippen LogP contribution in [0, 0.1) is 12.3 Å². The quantitative estimate of drug-likeness (QED) is 0.888.